The molecular weight excluding hydrogens is 359 g/mol. The first kappa shape index (κ1) is 20.3. The number of aliphatic imine (C=N–C) groups is 1. The van der Waals surface area contributed by atoms with Gasteiger partial charge in [0.2, 0.25) is 5.84 Å². The third kappa shape index (κ3) is 6.02. The predicted molar refractivity (Wildman–Crippen MR) is 97.1 cm³/mol. The number of benzene rings is 2. The molecule has 0 aliphatic rings. The van der Waals surface area contributed by atoms with E-state index in [9.17, 15) is 18.0 Å². The van der Waals surface area contributed by atoms with Gasteiger partial charge in [0.1, 0.15) is 0 Å². The van der Waals surface area contributed by atoms with Gasteiger partial charge in [-0.15, -0.1) is 0 Å². The minimum atomic E-state index is -4.46. The normalized spacial score (nSPS) is 13.0. The number of nitrogens with one attached hydrogen (secondary N) is 2. The smallest absolute Gasteiger partial charge is 0.416 e. The number of anilines is 1. The number of alkyl halides is 3. The zero-order valence-electron chi connectivity index (χ0n) is 14.9. The fourth-order valence-electron chi connectivity index (χ4n) is 2.24. The van der Waals surface area contributed by atoms with Crippen LogP contribution in [-0.2, 0) is 15.7 Å². The van der Waals surface area contributed by atoms with Gasteiger partial charge in [0.05, 0.1) is 23.9 Å². The van der Waals surface area contributed by atoms with Crippen LogP contribution in [0.2, 0.25) is 0 Å². The van der Waals surface area contributed by atoms with Gasteiger partial charge in [0, 0.05) is 0 Å². The Morgan fingerprint density at radius 2 is 1.85 bits per heavy atom. The Kier molecular flexibility index (Phi) is 6.81. The van der Waals surface area contributed by atoms with E-state index in [4.69, 9.17) is 4.74 Å². The lowest BCUT2D eigenvalue weighted by molar-refractivity contribution is -0.137. The SMILES string of the molecule is CCOC(=O)C(=NC(C)c1ccccc1)NNc1cccc(C(F)(F)F)c1. The molecule has 0 saturated carbocycles. The maximum Gasteiger partial charge on any atom is 0.416 e. The number of hydrogen-bond acceptors (Lipinski definition) is 4. The van der Waals surface area contributed by atoms with Crippen molar-refractivity contribution in [1.29, 1.82) is 0 Å². The molecule has 0 aromatic heterocycles. The standard InChI is InChI=1S/C19H20F3N3O2/c1-3-27-18(26)17(23-13(2)14-8-5-4-6-9-14)25-24-16-11-7-10-15(12-16)19(20,21)22/h4-13,24H,3H2,1-2H3,(H,23,25). The van der Waals surface area contributed by atoms with Crippen LogP contribution in [0, 0.1) is 0 Å². The molecule has 0 radical (unpaired) electrons. The third-order valence-corrected chi connectivity index (χ3v) is 3.59. The molecule has 0 amide bonds. The first-order chi connectivity index (χ1) is 12.8. The molecule has 2 rings (SSSR count). The van der Waals surface area contributed by atoms with Crippen LogP contribution < -0.4 is 10.9 Å². The Hall–Kier alpha value is -3.03. The summed E-state index contributed by atoms with van der Waals surface area (Å²) < 4.78 is 43.4. The summed E-state index contributed by atoms with van der Waals surface area (Å²) in [6.45, 7) is 3.58. The maximum atomic E-state index is 12.8. The van der Waals surface area contributed by atoms with Crippen molar-refractivity contribution in [2.24, 2.45) is 4.99 Å². The van der Waals surface area contributed by atoms with Crippen LogP contribution in [0.15, 0.2) is 59.6 Å². The molecule has 2 N–H and O–H groups in total. The highest BCUT2D eigenvalue weighted by atomic mass is 19.4. The number of nitrogens with zero attached hydrogens (tertiary/aromatic N) is 1. The quantitative estimate of drug-likeness (QED) is 0.351. The predicted octanol–water partition coefficient (Wildman–Crippen LogP) is 4.34. The Morgan fingerprint density at radius 3 is 2.48 bits per heavy atom. The van der Waals surface area contributed by atoms with E-state index in [1.54, 1.807) is 13.8 Å². The van der Waals surface area contributed by atoms with Crippen LogP contribution >= 0.6 is 0 Å². The van der Waals surface area contributed by atoms with E-state index in [1.165, 1.54) is 12.1 Å². The number of hydrogen-bond donors (Lipinski definition) is 2. The van der Waals surface area contributed by atoms with Crippen molar-refractivity contribution in [1.82, 2.24) is 5.43 Å². The summed E-state index contributed by atoms with van der Waals surface area (Å²) in [5, 5.41) is 0. The molecule has 0 spiro atoms. The van der Waals surface area contributed by atoms with Crippen LogP contribution in [0.3, 0.4) is 0 Å². The van der Waals surface area contributed by atoms with Crippen molar-refractivity contribution in [3.63, 3.8) is 0 Å². The summed E-state index contributed by atoms with van der Waals surface area (Å²) in [6, 6.07) is 13.5. The van der Waals surface area contributed by atoms with Gasteiger partial charge in [-0.1, -0.05) is 36.4 Å². The van der Waals surface area contributed by atoms with Crippen molar-refractivity contribution >= 4 is 17.5 Å². The van der Waals surface area contributed by atoms with E-state index in [0.29, 0.717) is 0 Å². The lowest BCUT2D eigenvalue weighted by Crippen LogP contribution is -2.37. The average Bonchev–Trinajstić information content (AvgIpc) is 2.65. The molecule has 2 aromatic carbocycles. The molecule has 1 unspecified atom stereocenters. The first-order valence-electron chi connectivity index (χ1n) is 8.30. The molecule has 144 valence electrons. The van der Waals surface area contributed by atoms with Crippen molar-refractivity contribution in [3.05, 3.63) is 65.7 Å². The summed E-state index contributed by atoms with van der Waals surface area (Å²) in [5.74, 6) is -0.842. The topological polar surface area (TPSA) is 62.7 Å². The van der Waals surface area contributed by atoms with E-state index in [-0.39, 0.29) is 24.2 Å². The second-order valence-electron chi connectivity index (χ2n) is 5.61. The molecule has 8 heteroatoms. The van der Waals surface area contributed by atoms with Crippen molar-refractivity contribution < 1.29 is 22.7 Å². The highest BCUT2D eigenvalue weighted by molar-refractivity contribution is 6.35. The zero-order chi connectivity index (χ0) is 19.9. The third-order valence-electron chi connectivity index (χ3n) is 3.59. The van der Waals surface area contributed by atoms with Crippen LogP contribution in [0.1, 0.15) is 31.0 Å². The Morgan fingerprint density at radius 1 is 1.15 bits per heavy atom. The van der Waals surface area contributed by atoms with Gasteiger partial charge in [-0.3, -0.25) is 15.8 Å². The van der Waals surface area contributed by atoms with Crippen LogP contribution in [0.4, 0.5) is 18.9 Å². The molecule has 1 atom stereocenters. The molecule has 0 heterocycles. The lowest BCUT2D eigenvalue weighted by atomic mass is 10.1. The molecule has 0 fully saturated rings. The lowest BCUT2D eigenvalue weighted by Gasteiger charge is -2.15. The number of rotatable bonds is 5. The summed E-state index contributed by atoms with van der Waals surface area (Å²) in [4.78, 5) is 16.4. The number of esters is 1. The Bertz CT molecular complexity index is 792. The molecule has 27 heavy (non-hydrogen) atoms. The van der Waals surface area contributed by atoms with Gasteiger partial charge < -0.3 is 4.74 Å². The Labute approximate surface area is 155 Å². The highest BCUT2D eigenvalue weighted by Gasteiger charge is 2.30. The van der Waals surface area contributed by atoms with Crippen LogP contribution in [-0.4, -0.2) is 18.4 Å². The number of ether oxygens (including phenoxy) is 1. The average molecular weight is 379 g/mol. The van der Waals surface area contributed by atoms with Crippen molar-refractivity contribution in [3.8, 4) is 0 Å². The second kappa shape index (κ2) is 9.07. The maximum absolute atomic E-state index is 12.8. The van der Waals surface area contributed by atoms with Gasteiger partial charge in [0.15, 0.2) is 0 Å². The Balaban J connectivity index is 2.18. The highest BCUT2D eigenvalue weighted by Crippen LogP contribution is 2.30. The zero-order valence-corrected chi connectivity index (χ0v) is 14.9. The monoisotopic (exact) mass is 379 g/mol. The van der Waals surface area contributed by atoms with Gasteiger partial charge in [-0.2, -0.15) is 13.2 Å². The molecule has 0 saturated heterocycles. The number of hydrazine groups is 1. The van der Waals surface area contributed by atoms with E-state index >= 15 is 0 Å². The van der Waals surface area contributed by atoms with Crippen molar-refractivity contribution in [2.45, 2.75) is 26.1 Å². The van der Waals surface area contributed by atoms with Crippen LogP contribution in [0.5, 0.6) is 0 Å². The fourth-order valence-corrected chi connectivity index (χ4v) is 2.24. The van der Waals surface area contributed by atoms with E-state index < -0.39 is 17.7 Å². The molecular formula is C19H20F3N3O2. The largest absolute Gasteiger partial charge is 0.460 e. The summed E-state index contributed by atoms with van der Waals surface area (Å²) in [6.07, 6.45) is -4.46. The van der Waals surface area contributed by atoms with Gasteiger partial charge >= 0.3 is 12.1 Å². The summed E-state index contributed by atoms with van der Waals surface area (Å²) in [5.41, 5.74) is 5.33. The number of halogens is 3. The van der Waals surface area contributed by atoms with Crippen LogP contribution in [0.25, 0.3) is 0 Å². The number of amidine groups is 1. The van der Waals surface area contributed by atoms with E-state index in [1.807, 2.05) is 30.3 Å². The molecule has 0 bridgehead atoms. The van der Waals surface area contributed by atoms with E-state index in [2.05, 4.69) is 15.8 Å². The second-order valence-corrected chi connectivity index (χ2v) is 5.61. The molecule has 5 nitrogen and oxygen atoms in total. The molecule has 0 aliphatic carbocycles. The molecule has 2 aromatic rings. The first-order valence-corrected chi connectivity index (χ1v) is 8.30. The van der Waals surface area contributed by atoms with Crippen molar-refractivity contribution in [2.75, 3.05) is 12.0 Å². The minimum Gasteiger partial charge on any atom is -0.460 e. The van der Waals surface area contributed by atoms with E-state index in [0.717, 1.165) is 17.7 Å². The number of carbonyl (C=O) groups is 1. The minimum absolute atomic E-state index is 0.134. The molecule has 0 aliphatic heterocycles. The number of carbonyl (C=O) groups excluding carboxylic acids is 1. The summed E-state index contributed by atoms with van der Waals surface area (Å²) in [7, 11) is 0. The van der Waals surface area contributed by atoms with Gasteiger partial charge in [-0.25, -0.2) is 4.79 Å². The summed E-state index contributed by atoms with van der Waals surface area (Å²) >= 11 is 0. The van der Waals surface area contributed by atoms with Gasteiger partial charge in [-0.05, 0) is 37.6 Å². The fraction of sp³-hybridized carbons (Fsp3) is 0.263. The van der Waals surface area contributed by atoms with Gasteiger partial charge in [0.25, 0.3) is 0 Å².